The zero-order valence-corrected chi connectivity index (χ0v) is 19.0. The van der Waals surface area contributed by atoms with Crippen molar-refractivity contribution in [1.82, 2.24) is 0 Å². The molecule has 1 saturated heterocycles. The molecule has 4 rings (SSSR count). The third-order valence-corrected chi connectivity index (χ3v) is 6.15. The lowest BCUT2D eigenvalue weighted by molar-refractivity contribution is -0.134. The molecule has 0 saturated carbocycles. The van der Waals surface area contributed by atoms with Crippen LogP contribution in [0.25, 0.3) is 6.08 Å². The molecule has 3 aromatic carbocycles. The molecule has 2 amide bonds. The Balaban J connectivity index is 1.75. The molecule has 1 fully saturated rings. The van der Waals surface area contributed by atoms with Crippen LogP contribution in [0.1, 0.15) is 23.1 Å². The number of carbonyl (C=O) groups excluding carboxylic acids is 2. The maximum atomic E-state index is 13.7. The van der Waals surface area contributed by atoms with Gasteiger partial charge in [0.25, 0.3) is 5.91 Å². The van der Waals surface area contributed by atoms with Crippen LogP contribution in [0.2, 0.25) is 0 Å². The van der Waals surface area contributed by atoms with Gasteiger partial charge in [0.05, 0.1) is 6.42 Å². The Morgan fingerprint density at radius 2 is 1.61 bits per heavy atom. The number of aryl methyl sites for hydroxylation is 2. The summed E-state index contributed by atoms with van der Waals surface area (Å²) in [5.41, 5.74) is 3.31. The second kappa shape index (κ2) is 8.52. The van der Waals surface area contributed by atoms with E-state index in [-0.39, 0.29) is 18.2 Å². The predicted octanol–water partition coefficient (Wildman–Crippen LogP) is 5.89. The van der Waals surface area contributed by atoms with Crippen molar-refractivity contribution >= 4 is 45.2 Å². The third-order valence-electron chi connectivity index (χ3n) is 5.62. The van der Waals surface area contributed by atoms with Gasteiger partial charge in [-0.25, -0.2) is 0 Å². The molecule has 3 aromatic rings. The second-order valence-electron chi connectivity index (χ2n) is 7.77. The second-order valence-corrected chi connectivity index (χ2v) is 8.69. The fourth-order valence-electron chi connectivity index (χ4n) is 3.91. The standard InChI is InChI=1S/C26H23BrN2O2/c1-18-7-6-8-19(2)24(18)28-25(31)26(16-15-20-9-4-3-5-10-20)17-23(30)29(26)22-13-11-21(27)12-14-22/h3-16H,17H2,1-2H3,(H,28,31). The minimum atomic E-state index is -1.10. The lowest BCUT2D eigenvalue weighted by Crippen LogP contribution is -2.68. The van der Waals surface area contributed by atoms with Crippen molar-refractivity contribution in [3.63, 3.8) is 0 Å². The first-order chi connectivity index (χ1) is 14.9. The number of amides is 2. The van der Waals surface area contributed by atoms with Gasteiger partial charge in [0.15, 0.2) is 5.54 Å². The topological polar surface area (TPSA) is 49.4 Å². The van der Waals surface area contributed by atoms with Gasteiger partial charge in [-0.2, -0.15) is 0 Å². The summed E-state index contributed by atoms with van der Waals surface area (Å²) in [6.07, 6.45) is 3.86. The van der Waals surface area contributed by atoms with Crippen LogP contribution in [0, 0.1) is 13.8 Å². The number of nitrogens with zero attached hydrogens (tertiary/aromatic N) is 1. The van der Waals surface area contributed by atoms with E-state index in [1.54, 1.807) is 4.90 Å². The van der Waals surface area contributed by atoms with Crippen LogP contribution in [0.5, 0.6) is 0 Å². The van der Waals surface area contributed by atoms with Gasteiger partial charge in [0, 0.05) is 15.8 Å². The number of carbonyl (C=O) groups is 2. The molecule has 156 valence electrons. The van der Waals surface area contributed by atoms with Crippen molar-refractivity contribution in [1.29, 1.82) is 0 Å². The van der Waals surface area contributed by atoms with Gasteiger partial charge in [0.1, 0.15) is 0 Å². The Hall–Kier alpha value is -3.18. The van der Waals surface area contributed by atoms with E-state index in [0.717, 1.165) is 26.9 Å². The minimum Gasteiger partial charge on any atom is -0.323 e. The highest BCUT2D eigenvalue weighted by atomic mass is 79.9. The Kier molecular flexibility index (Phi) is 5.79. The number of rotatable bonds is 5. The lowest BCUT2D eigenvalue weighted by Gasteiger charge is -2.49. The molecule has 0 aromatic heterocycles. The summed E-state index contributed by atoms with van der Waals surface area (Å²) in [6, 6.07) is 23.1. The van der Waals surface area contributed by atoms with Gasteiger partial charge < -0.3 is 5.32 Å². The Morgan fingerprint density at radius 1 is 0.968 bits per heavy atom. The molecule has 0 aliphatic carbocycles. The van der Waals surface area contributed by atoms with E-state index in [4.69, 9.17) is 0 Å². The zero-order chi connectivity index (χ0) is 22.0. The largest absolute Gasteiger partial charge is 0.323 e. The molecule has 1 heterocycles. The molecule has 0 bridgehead atoms. The number of hydrogen-bond acceptors (Lipinski definition) is 2. The molecule has 1 aliphatic rings. The Labute approximate surface area is 190 Å². The molecule has 1 N–H and O–H groups in total. The van der Waals surface area contributed by atoms with Crippen molar-refractivity contribution in [2.45, 2.75) is 25.8 Å². The van der Waals surface area contributed by atoms with Crippen LogP contribution in [-0.4, -0.2) is 17.4 Å². The number of hydrogen-bond donors (Lipinski definition) is 1. The van der Waals surface area contributed by atoms with Crippen LogP contribution in [0.3, 0.4) is 0 Å². The predicted molar refractivity (Wildman–Crippen MR) is 129 cm³/mol. The molecular weight excluding hydrogens is 452 g/mol. The van der Waals surface area contributed by atoms with E-state index >= 15 is 0 Å². The fourth-order valence-corrected chi connectivity index (χ4v) is 4.17. The smallest absolute Gasteiger partial charge is 0.255 e. The number of halogens is 1. The number of β-lactam (4-membered cyclic amide) rings is 1. The van der Waals surface area contributed by atoms with Gasteiger partial charge >= 0.3 is 0 Å². The zero-order valence-electron chi connectivity index (χ0n) is 17.4. The Morgan fingerprint density at radius 3 is 2.23 bits per heavy atom. The molecule has 1 aliphatic heterocycles. The minimum absolute atomic E-state index is 0.0864. The first-order valence-electron chi connectivity index (χ1n) is 10.1. The van der Waals surface area contributed by atoms with Crippen LogP contribution in [0.15, 0.2) is 83.3 Å². The van der Waals surface area contributed by atoms with Crippen molar-refractivity contribution in [3.05, 3.63) is 100 Å². The third kappa shape index (κ3) is 4.06. The molecule has 1 unspecified atom stereocenters. The first kappa shape index (κ1) is 21.1. The first-order valence-corrected chi connectivity index (χ1v) is 10.9. The van der Waals surface area contributed by atoms with Gasteiger partial charge in [-0.05, 0) is 60.9 Å². The highest BCUT2D eigenvalue weighted by Gasteiger charge is 2.55. The Bertz CT molecular complexity index is 1140. The number of nitrogens with one attached hydrogen (secondary N) is 1. The summed E-state index contributed by atoms with van der Waals surface area (Å²) in [5, 5.41) is 3.10. The average molecular weight is 475 g/mol. The molecule has 0 radical (unpaired) electrons. The molecule has 0 spiro atoms. The van der Waals surface area contributed by atoms with Crippen LogP contribution in [-0.2, 0) is 9.59 Å². The molecule has 31 heavy (non-hydrogen) atoms. The van der Waals surface area contributed by atoms with Crippen molar-refractivity contribution in [2.75, 3.05) is 10.2 Å². The maximum absolute atomic E-state index is 13.7. The maximum Gasteiger partial charge on any atom is 0.255 e. The van der Waals surface area contributed by atoms with Crippen molar-refractivity contribution < 1.29 is 9.59 Å². The quantitative estimate of drug-likeness (QED) is 0.468. The monoisotopic (exact) mass is 474 g/mol. The van der Waals surface area contributed by atoms with Gasteiger partial charge in [-0.15, -0.1) is 0 Å². The highest BCUT2D eigenvalue weighted by Crippen LogP contribution is 2.40. The highest BCUT2D eigenvalue weighted by molar-refractivity contribution is 9.10. The molecule has 5 heteroatoms. The normalized spacial score (nSPS) is 18.2. The summed E-state index contributed by atoms with van der Waals surface area (Å²) in [5.74, 6) is -0.309. The van der Waals surface area contributed by atoms with E-state index < -0.39 is 5.54 Å². The lowest BCUT2D eigenvalue weighted by atomic mass is 9.81. The van der Waals surface area contributed by atoms with Gasteiger partial charge in [-0.1, -0.05) is 70.5 Å². The van der Waals surface area contributed by atoms with Crippen molar-refractivity contribution in [2.24, 2.45) is 0 Å². The molecule has 4 nitrogen and oxygen atoms in total. The number of para-hydroxylation sites is 1. The van der Waals surface area contributed by atoms with E-state index in [0.29, 0.717) is 5.69 Å². The molecule has 1 atom stereocenters. The van der Waals surface area contributed by atoms with Crippen LogP contribution < -0.4 is 10.2 Å². The summed E-state index contributed by atoms with van der Waals surface area (Å²) in [7, 11) is 0. The number of anilines is 2. The van der Waals surface area contributed by atoms with Crippen LogP contribution in [0.4, 0.5) is 11.4 Å². The fraction of sp³-hybridized carbons (Fsp3) is 0.154. The van der Waals surface area contributed by atoms with Gasteiger partial charge in [0.2, 0.25) is 5.91 Å². The van der Waals surface area contributed by atoms with E-state index in [2.05, 4.69) is 21.2 Å². The van der Waals surface area contributed by atoms with E-state index in [1.807, 2.05) is 98.8 Å². The summed E-state index contributed by atoms with van der Waals surface area (Å²) in [6.45, 7) is 3.93. The van der Waals surface area contributed by atoms with E-state index in [1.165, 1.54) is 0 Å². The summed E-state index contributed by atoms with van der Waals surface area (Å²) >= 11 is 3.43. The van der Waals surface area contributed by atoms with Crippen molar-refractivity contribution in [3.8, 4) is 0 Å². The number of benzene rings is 3. The van der Waals surface area contributed by atoms with Crippen LogP contribution >= 0.6 is 15.9 Å². The SMILES string of the molecule is Cc1cccc(C)c1NC(=O)C1(C=Cc2ccccc2)CC(=O)N1c1ccc(Br)cc1. The summed E-state index contributed by atoms with van der Waals surface area (Å²) in [4.78, 5) is 28.0. The summed E-state index contributed by atoms with van der Waals surface area (Å²) < 4.78 is 0.912. The van der Waals surface area contributed by atoms with E-state index in [9.17, 15) is 9.59 Å². The average Bonchev–Trinajstić information content (AvgIpc) is 2.75. The van der Waals surface area contributed by atoms with Gasteiger partial charge in [-0.3, -0.25) is 14.5 Å². The molecular formula is C26H23BrN2O2.